The Morgan fingerprint density at radius 1 is 1.56 bits per heavy atom. The molecule has 1 unspecified atom stereocenters. The maximum Gasteiger partial charge on any atom is 0.150 e. The van der Waals surface area contributed by atoms with E-state index in [1.54, 1.807) is 19.1 Å². The van der Waals surface area contributed by atoms with Crippen LogP contribution in [-0.4, -0.2) is 6.61 Å². The zero-order valence-corrected chi connectivity index (χ0v) is 9.93. The quantitative estimate of drug-likeness (QED) is 0.881. The minimum Gasteiger partial charge on any atom is -0.492 e. The molecular weight excluding hydrogens is 229 g/mol. The molecule has 0 aliphatic heterocycles. The summed E-state index contributed by atoms with van der Waals surface area (Å²) in [5, 5.41) is 0.0375. The molecule has 0 saturated heterocycles. The fourth-order valence-electron chi connectivity index (χ4n) is 1.50. The van der Waals surface area contributed by atoms with Crippen molar-refractivity contribution in [3.05, 3.63) is 28.5 Å². The molecule has 2 nitrogen and oxygen atoms in total. The minimum absolute atomic E-state index is 0.0375. The first-order chi connectivity index (χ1) is 7.59. The molecule has 1 saturated carbocycles. The van der Waals surface area contributed by atoms with Crippen LogP contribution in [0.4, 0.5) is 4.39 Å². The van der Waals surface area contributed by atoms with Gasteiger partial charge in [0.1, 0.15) is 16.6 Å². The number of benzene rings is 1. The van der Waals surface area contributed by atoms with Crippen LogP contribution in [0.3, 0.4) is 0 Å². The number of halogens is 2. The fraction of sp³-hybridized carbons (Fsp3) is 0.500. The highest BCUT2D eigenvalue weighted by atomic mass is 35.5. The van der Waals surface area contributed by atoms with Gasteiger partial charge in [-0.25, -0.2) is 4.39 Å². The van der Waals surface area contributed by atoms with Gasteiger partial charge in [0.2, 0.25) is 0 Å². The highest BCUT2D eigenvalue weighted by molar-refractivity contribution is 6.32. The second-order valence-electron chi connectivity index (χ2n) is 4.32. The molecule has 4 heteroatoms. The van der Waals surface area contributed by atoms with Crippen molar-refractivity contribution >= 4 is 11.6 Å². The Morgan fingerprint density at radius 2 is 2.25 bits per heavy atom. The standard InChI is InChI=1S/C12H15ClFNO/c1-7(15)9-4-5-10(11(13)12(9)14)16-6-8-2-3-8/h4-5,7-8H,2-3,6,15H2,1H3. The average molecular weight is 244 g/mol. The lowest BCUT2D eigenvalue weighted by Gasteiger charge is -2.12. The third-order valence-electron chi connectivity index (χ3n) is 2.74. The summed E-state index contributed by atoms with van der Waals surface area (Å²) in [6, 6.07) is 2.95. The van der Waals surface area contributed by atoms with Crippen LogP contribution in [0.25, 0.3) is 0 Å². The second-order valence-corrected chi connectivity index (χ2v) is 4.70. The number of nitrogens with two attached hydrogens (primary N) is 1. The first kappa shape index (κ1) is 11.7. The van der Waals surface area contributed by atoms with Gasteiger partial charge in [-0.15, -0.1) is 0 Å². The van der Waals surface area contributed by atoms with Gasteiger partial charge in [0, 0.05) is 11.6 Å². The van der Waals surface area contributed by atoms with Gasteiger partial charge in [0.15, 0.2) is 0 Å². The molecule has 0 spiro atoms. The Kier molecular flexibility index (Phi) is 3.36. The van der Waals surface area contributed by atoms with E-state index < -0.39 is 5.82 Å². The minimum atomic E-state index is -0.468. The summed E-state index contributed by atoms with van der Waals surface area (Å²) < 4.78 is 19.2. The lowest BCUT2D eigenvalue weighted by Crippen LogP contribution is -2.08. The van der Waals surface area contributed by atoms with E-state index in [0.29, 0.717) is 23.8 Å². The summed E-state index contributed by atoms with van der Waals surface area (Å²) in [5.74, 6) is 0.563. The van der Waals surface area contributed by atoms with Gasteiger partial charge in [-0.3, -0.25) is 0 Å². The molecule has 0 amide bonds. The molecule has 2 rings (SSSR count). The predicted molar refractivity (Wildman–Crippen MR) is 62.2 cm³/mol. The molecule has 0 aromatic heterocycles. The number of hydrogen-bond acceptors (Lipinski definition) is 2. The van der Waals surface area contributed by atoms with Gasteiger partial charge in [-0.1, -0.05) is 17.7 Å². The number of ether oxygens (including phenoxy) is 1. The molecule has 1 fully saturated rings. The van der Waals surface area contributed by atoms with E-state index in [9.17, 15) is 4.39 Å². The third-order valence-corrected chi connectivity index (χ3v) is 3.09. The molecule has 88 valence electrons. The molecule has 1 atom stereocenters. The molecule has 16 heavy (non-hydrogen) atoms. The molecular formula is C12H15ClFNO. The molecule has 1 aliphatic carbocycles. The fourth-order valence-corrected chi connectivity index (χ4v) is 1.73. The van der Waals surface area contributed by atoms with E-state index in [1.165, 1.54) is 12.8 Å². The molecule has 1 aromatic carbocycles. The normalized spacial score (nSPS) is 17.2. The van der Waals surface area contributed by atoms with Gasteiger partial charge < -0.3 is 10.5 Å². The van der Waals surface area contributed by atoms with Crippen LogP contribution in [0.5, 0.6) is 5.75 Å². The Balaban J connectivity index is 2.16. The maximum atomic E-state index is 13.8. The van der Waals surface area contributed by atoms with Crippen molar-refractivity contribution in [2.45, 2.75) is 25.8 Å². The van der Waals surface area contributed by atoms with Crippen LogP contribution in [-0.2, 0) is 0 Å². The molecule has 2 N–H and O–H groups in total. The molecule has 0 radical (unpaired) electrons. The smallest absolute Gasteiger partial charge is 0.150 e. The average Bonchev–Trinajstić information content (AvgIpc) is 3.03. The van der Waals surface area contributed by atoms with Crippen molar-refractivity contribution in [2.24, 2.45) is 11.7 Å². The summed E-state index contributed by atoms with van der Waals surface area (Å²) in [6.45, 7) is 2.34. The van der Waals surface area contributed by atoms with Gasteiger partial charge >= 0.3 is 0 Å². The Labute approximate surface area is 99.5 Å². The Bertz CT molecular complexity index is 391. The molecule has 0 heterocycles. The van der Waals surface area contributed by atoms with Crippen LogP contribution in [0.2, 0.25) is 5.02 Å². The summed E-state index contributed by atoms with van der Waals surface area (Å²) in [6.07, 6.45) is 2.38. The van der Waals surface area contributed by atoms with Crippen LogP contribution in [0.15, 0.2) is 12.1 Å². The lowest BCUT2D eigenvalue weighted by atomic mass is 10.1. The van der Waals surface area contributed by atoms with E-state index in [-0.39, 0.29) is 11.1 Å². The van der Waals surface area contributed by atoms with E-state index in [1.807, 2.05) is 0 Å². The van der Waals surface area contributed by atoms with E-state index >= 15 is 0 Å². The summed E-state index contributed by atoms with van der Waals surface area (Å²) in [4.78, 5) is 0. The number of hydrogen-bond donors (Lipinski definition) is 1. The molecule has 1 aliphatic rings. The van der Waals surface area contributed by atoms with Gasteiger partial charge in [0.25, 0.3) is 0 Å². The molecule has 1 aromatic rings. The van der Waals surface area contributed by atoms with Crippen molar-refractivity contribution in [1.82, 2.24) is 0 Å². The summed E-state index contributed by atoms with van der Waals surface area (Å²) in [5.41, 5.74) is 6.05. The van der Waals surface area contributed by atoms with Crippen LogP contribution >= 0.6 is 11.6 Å². The SMILES string of the molecule is CC(N)c1ccc(OCC2CC2)c(Cl)c1F. The van der Waals surface area contributed by atoms with Crippen LogP contribution in [0, 0.1) is 11.7 Å². The third kappa shape index (κ3) is 2.47. The van der Waals surface area contributed by atoms with Gasteiger partial charge in [-0.05, 0) is 31.7 Å². The van der Waals surface area contributed by atoms with Crippen LogP contribution in [0.1, 0.15) is 31.4 Å². The van der Waals surface area contributed by atoms with Gasteiger partial charge in [0.05, 0.1) is 6.61 Å². The zero-order valence-electron chi connectivity index (χ0n) is 9.17. The monoisotopic (exact) mass is 243 g/mol. The topological polar surface area (TPSA) is 35.2 Å². The number of rotatable bonds is 4. The van der Waals surface area contributed by atoms with Crippen molar-refractivity contribution in [1.29, 1.82) is 0 Å². The summed E-state index contributed by atoms with van der Waals surface area (Å²) >= 11 is 5.89. The predicted octanol–water partition coefficient (Wildman–Crippen LogP) is 3.29. The zero-order chi connectivity index (χ0) is 11.7. The second kappa shape index (κ2) is 4.60. The largest absolute Gasteiger partial charge is 0.492 e. The van der Waals surface area contributed by atoms with Gasteiger partial charge in [-0.2, -0.15) is 0 Å². The highest BCUT2D eigenvalue weighted by Crippen LogP contribution is 2.34. The lowest BCUT2D eigenvalue weighted by molar-refractivity contribution is 0.298. The van der Waals surface area contributed by atoms with E-state index in [2.05, 4.69) is 0 Å². The highest BCUT2D eigenvalue weighted by Gasteiger charge is 2.23. The Morgan fingerprint density at radius 3 is 2.81 bits per heavy atom. The van der Waals surface area contributed by atoms with Crippen molar-refractivity contribution in [3.8, 4) is 5.75 Å². The van der Waals surface area contributed by atoms with E-state index in [0.717, 1.165) is 0 Å². The first-order valence-corrected chi connectivity index (χ1v) is 5.83. The van der Waals surface area contributed by atoms with Crippen LogP contribution < -0.4 is 10.5 Å². The van der Waals surface area contributed by atoms with Crippen molar-refractivity contribution in [3.63, 3.8) is 0 Å². The van der Waals surface area contributed by atoms with Crippen molar-refractivity contribution in [2.75, 3.05) is 6.61 Å². The summed E-state index contributed by atoms with van der Waals surface area (Å²) in [7, 11) is 0. The first-order valence-electron chi connectivity index (χ1n) is 5.46. The molecule has 0 bridgehead atoms. The Hall–Kier alpha value is -0.800. The van der Waals surface area contributed by atoms with Crippen molar-refractivity contribution < 1.29 is 9.13 Å². The maximum absolute atomic E-state index is 13.8. The van der Waals surface area contributed by atoms with E-state index in [4.69, 9.17) is 22.1 Å².